The fourth-order valence-corrected chi connectivity index (χ4v) is 0.563. The number of carbonyl (C=O) groups excluding carboxylic acids is 1. The summed E-state index contributed by atoms with van der Waals surface area (Å²) < 4.78 is 23.8. The molecule has 0 saturated heterocycles. The van der Waals surface area contributed by atoms with Crippen molar-refractivity contribution in [1.29, 1.82) is 0 Å². The van der Waals surface area contributed by atoms with Crippen LogP contribution in [0, 0.1) is 24.6 Å². The second-order valence-electron chi connectivity index (χ2n) is 2.34. The Morgan fingerprint density at radius 3 is 2.43 bits per heavy atom. The van der Waals surface area contributed by atoms with Crippen molar-refractivity contribution in [3.05, 3.63) is 42.8 Å². The SMILES string of the molecule is Fc1[c]cc(F)cc1.[CH2]CNC(C)=O. The summed E-state index contributed by atoms with van der Waals surface area (Å²) in [5, 5.41) is 2.46. The van der Waals surface area contributed by atoms with Crippen LogP contribution in [0.25, 0.3) is 0 Å². The molecule has 0 unspecified atom stereocenters. The molecule has 2 radical (unpaired) electrons. The van der Waals surface area contributed by atoms with E-state index < -0.39 is 11.6 Å². The van der Waals surface area contributed by atoms with Gasteiger partial charge in [0.05, 0.1) is 0 Å². The first-order valence-electron chi connectivity index (χ1n) is 3.92. The molecular weight excluding hydrogens is 188 g/mol. The monoisotopic (exact) mass is 199 g/mol. The van der Waals surface area contributed by atoms with Gasteiger partial charge in [0.1, 0.15) is 11.6 Å². The van der Waals surface area contributed by atoms with Crippen LogP contribution < -0.4 is 5.32 Å². The molecule has 14 heavy (non-hydrogen) atoms. The minimum Gasteiger partial charge on any atom is -0.356 e. The first kappa shape index (κ1) is 12.6. The van der Waals surface area contributed by atoms with Crippen molar-refractivity contribution in [2.24, 2.45) is 0 Å². The molecule has 0 saturated carbocycles. The van der Waals surface area contributed by atoms with Crippen LogP contribution in [-0.4, -0.2) is 12.5 Å². The van der Waals surface area contributed by atoms with Gasteiger partial charge in [-0.1, -0.05) is 0 Å². The lowest BCUT2D eigenvalue weighted by Crippen LogP contribution is -2.18. The van der Waals surface area contributed by atoms with Gasteiger partial charge in [-0.3, -0.25) is 4.79 Å². The highest BCUT2D eigenvalue weighted by atomic mass is 19.1. The topological polar surface area (TPSA) is 29.1 Å². The predicted molar refractivity (Wildman–Crippen MR) is 49.2 cm³/mol. The third-order valence-corrected chi connectivity index (χ3v) is 1.11. The van der Waals surface area contributed by atoms with Crippen LogP contribution in [0.4, 0.5) is 8.78 Å². The van der Waals surface area contributed by atoms with Crippen LogP contribution >= 0.6 is 0 Å². The summed E-state index contributed by atoms with van der Waals surface area (Å²) in [6, 6.07) is 5.08. The van der Waals surface area contributed by atoms with Gasteiger partial charge in [-0.25, -0.2) is 8.78 Å². The normalized spacial score (nSPS) is 8.57. The van der Waals surface area contributed by atoms with Gasteiger partial charge in [0.2, 0.25) is 5.91 Å². The largest absolute Gasteiger partial charge is 0.356 e. The zero-order valence-corrected chi connectivity index (χ0v) is 7.81. The van der Waals surface area contributed by atoms with Crippen LogP contribution in [0.2, 0.25) is 0 Å². The van der Waals surface area contributed by atoms with E-state index in [9.17, 15) is 13.6 Å². The average molecular weight is 199 g/mol. The maximum absolute atomic E-state index is 11.9. The number of amides is 1. The van der Waals surface area contributed by atoms with Gasteiger partial charge >= 0.3 is 0 Å². The van der Waals surface area contributed by atoms with Gasteiger partial charge in [0.15, 0.2) is 0 Å². The van der Waals surface area contributed by atoms with E-state index in [1.165, 1.54) is 6.92 Å². The lowest BCUT2D eigenvalue weighted by atomic mass is 10.3. The fraction of sp³-hybridized carbons (Fsp3) is 0.200. The van der Waals surface area contributed by atoms with Crippen molar-refractivity contribution in [2.75, 3.05) is 6.54 Å². The Labute approximate surface area is 81.9 Å². The zero-order chi connectivity index (χ0) is 11.0. The van der Waals surface area contributed by atoms with E-state index in [4.69, 9.17) is 0 Å². The summed E-state index contributed by atoms with van der Waals surface area (Å²) in [6.07, 6.45) is 0. The van der Waals surface area contributed by atoms with E-state index in [0.29, 0.717) is 6.54 Å². The Morgan fingerprint density at radius 2 is 2.21 bits per heavy atom. The molecule has 1 aromatic rings. The first-order chi connectivity index (χ1) is 6.56. The van der Waals surface area contributed by atoms with Crippen LogP contribution in [0.15, 0.2) is 18.2 Å². The number of hydrogen-bond donors (Lipinski definition) is 1. The van der Waals surface area contributed by atoms with Crippen molar-refractivity contribution < 1.29 is 13.6 Å². The minimum atomic E-state index is -0.536. The molecule has 0 aromatic heterocycles. The van der Waals surface area contributed by atoms with Gasteiger partial charge < -0.3 is 5.32 Å². The Balaban J connectivity index is 0.000000255. The molecule has 1 aromatic carbocycles. The van der Waals surface area contributed by atoms with E-state index in [1.54, 1.807) is 0 Å². The summed E-state index contributed by atoms with van der Waals surface area (Å²) in [5.74, 6) is -1.03. The van der Waals surface area contributed by atoms with Gasteiger partial charge in [-0.2, -0.15) is 0 Å². The second kappa shape index (κ2) is 7.00. The van der Waals surface area contributed by atoms with E-state index in [2.05, 4.69) is 18.3 Å². The zero-order valence-electron chi connectivity index (χ0n) is 7.81. The predicted octanol–water partition coefficient (Wildman–Crippen LogP) is 1.72. The smallest absolute Gasteiger partial charge is 0.216 e. The molecule has 0 atom stereocenters. The molecule has 1 amide bonds. The maximum atomic E-state index is 11.9. The number of carbonyl (C=O) groups is 1. The highest BCUT2D eigenvalue weighted by Gasteiger charge is 1.87. The molecule has 0 aliphatic heterocycles. The van der Waals surface area contributed by atoms with Gasteiger partial charge in [-0.15, -0.1) is 0 Å². The lowest BCUT2D eigenvalue weighted by Gasteiger charge is -1.88. The number of benzene rings is 1. The highest BCUT2D eigenvalue weighted by Crippen LogP contribution is 1.97. The number of rotatable bonds is 1. The molecule has 4 heteroatoms. The molecule has 0 fully saturated rings. The summed E-state index contributed by atoms with van der Waals surface area (Å²) >= 11 is 0. The van der Waals surface area contributed by atoms with Crippen molar-refractivity contribution in [3.63, 3.8) is 0 Å². The first-order valence-corrected chi connectivity index (χ1v) is 3.92. The van der Waals surface area contributed by atoms with Gasteiger partial charge in [-0.05, 0) is 25.1 Å². The third-order valence-electron chi connectivity index (χ3n) is 1.11. The number of hydrogen-bond acceptors (Lipinski definition) is 1. The third kappa shape index (κ3) is 7.21. The van der Waals surface area contributed by atoms with Crippen LogP contribution in [0.3, 0.4) is 0 Å². The molecule has 2 nitrogen and oxygen atoms in total. The molecule has 1 rings (SSSR count). The summed E-state index contributed by atoms with van der Waals surface area (Å²) in [5.41, 5.74) is 0. The van der Waals surface area contributed by atoms with E-state index >= 15 is 0 Å². The lowest BCUT2D eigenvalue weighted by molar-refractivity contribution is -0.118. The quantitative estimate of drug-likeness (QED) is 0.733. The molecule has 0 aliphatic carbocycles. The van der Waals surface area contributed by atoms with E-state index in [1.807, 2.05) is 0 Å². The standard InChI is InChI=1S/C6H3F2.C4H8NO/c7-5-1-2-6(8)4-3-5;1-3-5-4(2)6/h1-3H;1,3H2,2H3,(H,5,6). The minimum absolute atomic E-state index is 0.0231. The molecule has 1 N–H and O–H groups in total. The number of halogens is 2. The van der Waals surface area contributed by atoms with Crippen LogP contribution in [0.1, 0.15) is 6.92 Å². The Morgan fingerprint density at radius 1 is 1.57 bits per heavy atom. The second-order valence-corrected chi connectivity index (χ2v) is 2.34. The summed E-state index contributed by atoms with van der Waals surface area (Å²) in [6.45, 7) is 5.34. The van der Waals surface area contributed by atoms with Gasteiger partial charge in [0.25, 0.3) is 0 Å². The Kier molecular flexibility index (Phi) is 6.28. The summed E-state index contributed by atoms with van der Waals surface area (Å²) in [4.78, 5) is 9.89. The maximum Gasteiger partial charge on any atom is 0.216 e. The molecule has 0 spiro atoms. The number of nitrogens with one attached hydrogen (secondary N) is 1. The van der Waals surface area contributed by atoms with E-state index in [0.717, 1.165) is 18.2 Å². The fourth-order valence-electron chi connectivity index (χ4n) is 0.563. The van der Waals surface area contributed by atoms with Crippen molar-refractivity contribution in [1.82, 2.24) is 5.32 Å². The van der Waals surface area contributed by atoms with Crippen LogP contribution in [0.5, 0.6) is 0 Å². The molecule has 0 heterocycles. The van der Waals surface area contributed by atoms with Gasteiger partial charge in [0, 0.05) is 19.5 Å². The Bertz CT molecular complexity index is 251. The summed E-state index contributed by atoms with van der Waals surface area (Å²) in [7, 11) is 0. The van der Waals surface area contributed by atoms with Crippen LogP contribution in [-0.2, 0) is 4.79 Å². The highest BCUT2D eigenvalue weighted by molar-refractivity contribution is 5.72. The van der Waals surface area contributed by atoms with Crippen molar-refractivity contribution >= 4 is 5.91 Å². The van der Waals surface area contributed by atoms with Crippen molar-refractivity contribution in [3.8, 4) is 0 Å². The van der Waals surface area contributed by atoms with Crippen molar-refractivity contribution in [2.45, 2.75) is 6.92 Å². The Hall–Kier alpha value is -1.45. The average Bonchev–Trinajstić information content (AvgIpc) is 2.11. The molecule has 76 valence electrons. The van der Waals surface area contributed by atoms with E-state index in [-0.39, 0.29) is 5.91 Å². The molecule has 0 bridgehead atoms. The molecular formula is C10H11F2NO. The molecule has 0 aliphatic rings.